The minimum atomic E-state index is -0.0575. The van der Waals surface area contributed by atoms with E-state index in [0.29, 0.717) is 13.1 Å². The second-order valence-electron chi connectivity index (χ2n) is 6.93. The van der Waals surface area contributed by atoms with E-state index in [1.54, 1.807) is 4.68 Å². The Labute approximate surface area is 130 Å². The van der Waals surface area contributed by atoms with Gasteiger partial charge in [-0.1, -0.05) is 0 Å². The Bertz CT molecular complexity index is 610. The number of nitrogens with zero attached hydrogens (tertiary/aromatic N) is 3. The van der Waals surface area contributed by atoms with Crippen LogP contribution in [0.3, 0.4) is 0 Å². The topological polar surface area (TPSA) is 56.6 Å². The first-order valence-corrected chi connectivity index (χ1v) is 8.13. The first kappa shape index (κ1) is 14.2. The molecule has 0 aromatic carbocycles. The molecular formula is C16H23N3O3. The van der Waals surface area contributed by atoms with Crippen molar-refractivity contribution in [1.82, 2.24) is 14.7 Å². The van der Waals surface area contributed by atoms with Crippen molar-refractivity contribution < 1.29 is 14.3 Å². The Balaban J connectivity index is 1.59. The molecule has 1 aromatic rings. The van der Waals surface area contributed by atoms with Gasteiger partial charge in [0, 0.05) is 25.6 Å². The number of likely N-dealkylation sites (tertiary alicyclic amines) is 1. The summed E-state index contributed by atoms with van der Waals surface area (Å²) in [6.45, 7) is 6.31. The van der Waals surface area contributed by atoms with Gasteiger partial charge in [-0.3, -0.25) is 9.48 Å². The summed E-state index contributed by atoms with van der Waals surface area (Å²) in [5, 5.41) is 4.53. The Hall–Kier alpha value is -1.40. The molecule has 120 valence electrons. The number of ether oxygens (including phenoxy) is 2. The van der Waals surface area contributed by atoms with Crippen molar-refractivity contribution in [2.75, 3.05) is 19.7 Å². The van der Waals surface area contributed by atoms with Gasteiger partial charge in [-0.15, -0.1) is 0 Å². The fourth-order valence-electron chi connectivity index (χ4n) is 4.08. The summed E-state index contributed by atoms with van der Waals surface area (Å²) < 4.78 is 13.4. The van der Waals surface area contributed by atoms with E-state index in [2.05, 4.69) is 5.10 Å². The Morgan fingerprint density at radius 2 is 2.14 bits per heavy atom. The fraction of sp³-hybridized carbons (Fsp3) is 0.750. The summed E-state index contributed by atoms with van der Waals surface area (Å²) in [4.78, 5) is 14.8. The normalized spacial score (nSPS) is 29.5. The molecule has 0 saturated carbocycles. The van der Waals surface area contributed by atoms with Gasteiger partial charge in [0.1, 0.15) is 11.3 Å². The third-order valence-electron chi connectivity index (χ3n) is 5.12. The number of carbonyl (C=O) groups excluding carboxylic acids is 1. The van der Waals surface area contributed by atoms with Crippen LogP contribution in [-0.2, 0) is 22.9 Å². The zero-order chi connectivity index (χ0) is 15.5. The molecule has 6 nitrogen and oxygen atoms in total. The van der Waals surface area contributed by atoms with Crippen LogP contribution in [0.5, 0.6) is 0 Å². The molecule has 0 aliphatic carbocycles. The van der Waals surface area contributed by atoms with Crippen LogP contribution < -0.4 is 0 Å². The van der Waals surface area contributed by atoms with Crippen molar-refractivity contribution in [3.8, 4) is 0 Å². The molecule has 1 aromatic heterocycles. The molecule has 0 N–H and O–H groups in total. The van der Waals surface area contributed by atoms with E-state index < -0.39 is 0 Å². The highest BCUT2D eigenvalue weighted by Gasteiger charge is 2.49. The summed E-state index contributed by atoms with van der Waals surface area (Å²) in [5.74, 6) is 0.0821. The van der Waals surface area contributed by atoms with E-state index >= 15 is 0 Å². The lowest BCUT2D eigenvalue weighted by molar-refractivity contribution is -0.0952. The van der Waals surface area contributed by atoms with Crippen LogP contribution in [0.25, 0.3) is 0 Å². The van der Waals surface area contributed by atoms with E-state index in [9.17, 15) is 4.79 Å². The highest BCUT2D eigenvalue weighted by Crippen LogP contribution is 2.37. The monoisotopic (exact) mass is 305 g/mol. The minimum absolute atomic E-state index is 0.0487. The minimum Gasteiger partial charge on any atom is -0.371 e. The number of carbonyl (C=O) groups is 1. The summed E-state index contributed by atoms with van der Waals surface area (Å²) >= 11 is 0. The van der Waals surface area contributed by atoms with E-state index in [1.807, 2.05) is 25.8 Å². The third-order valence-corrected chi connectivity index (χ3v) is 5.12. The highest BCUT2D eigenvalue weighted by atomic mass is 16.5. The van der Waals surface area contributed by atoms with E-state index in [0.717, 1.165) is 42.8 Å². The van der Waals surface area contributed by atoms with Crippen molar-refractivity contribution in [3.63, 3.8) is 0 Å². The summed E-state index contributed by atoms with van der Waals surface area (Å²) in [7, 11) is 1.85. The zero-order valence-corrected chi connectivity index (χ0v) is 13.5. The Morgan fingerprint density at radius 1 is 1.36 bits per heavy atom. The van der Waals surface area contributed by atoms with Gasteiger partial charge in [-0.05, 0) is 26.7 Å². The van der Waals surface area contributed by atoms with Crippen molar-refractivity contribution in [2.45, 2.75) is 50.9 Å². The van der Waals surface area contributed by atoms with Gasteiger partial charge in [0.15, 0.2) is 0 Å². The maximum Gasteiger partial charge on any atom is 0.272 e. The van der Waals surface area contributed by atoms with Crippen LogP contribution >= 0.6 is 0 Å². The van der Waals surface area contributed by atoms with Crippen LogP contribution in [0, 0.1) is 0 Å². The van der Waals surface area contributed by atoms with E-state index in [-0.39, 0.29) is 23.7 Å². The second-order valence-corrected chi connectivity index (χ2v) is 6.93. The maximum absolute atomic E-state index is 12.9. The molecule has 6 heteroatoms. The van der Waals surface area contributed by atoms with Crippen molar-refractivity contribution in [1.29, 1.82) is 0 Å². The van der Waals surface area contributed by atoms with Gasteiger partial charge >= 0.3 is 0 Å². The van der Waals surface area contributed by atoms with Gasteiger partial charge in [0.05, 0.1) is 31.0 Å². The number of rotatable bonds is 1. The SMILES string of the molecule is C[C@@H]1Cc2c(nn(C)c2C(=O)N2CC3(CCCO3)C2)[C@H](C)O1. The third kappa shape index (κ3) is 2.01. The lowest BCUT2D eigenvalue weighted by Crippen LogP contribution is -2.63. The molecule has 2 atom stereocenters. The number of aromatic nitrogens is 2. The molecular weight excluding hydrogens is 282 g/mol. The van der Waals surface area contributed by atoms with Gasteiger partial charge < -0.3 is 14.4 Å². The number of amides is 1. The molecule has 4 rings (SSSR count). The first-order chi connectivity index (χ1) is 10.5. The molecule has 1 amide bonds. The van der Waals surface area contributed by atoms with Crippen molar-refractivity contribution >= 4 is 5.91 Å². The van der Waals surface area contributed by atoms with Crippen LogP contribution in [0.2, 0.25) is 0 Å². The standard InChI is InChI=1S/C16H23N3O3/c1-10-7-12-13(11(2)22-10)17-18(3)14(12)15(20)19-8-16(9-19)5-4-6-21-16/h10-11H,4-9H2,1-3H3/t10-,11+/m1/s1. The molecule has 22 heavy (non-hydrogen) atoms. The lowest BCUT2D eigenvalue weighted by atomic mass is 9.90. The fourth-order valence-corrected chi connectivity index (χ4v) is 4.08. The number of hydrogen-bond acceptors (Lipinski definition) is 4. The highest BCUT2D eigenvalue weighted by molar-refractivity contribution is 5.95. The first-order valence-electron chi connectivity index (χ1n) is 8.13. The largest absolute Gasteiger partial charge is 0.371 e. The molecule has 0 bridgehead atoms. The summed E-state index contributed by atoms with van der Waals surface area (Å²) in [6, 6.07) is 0. The maximum atomic E-state index is 12.9. The van der Waals surface area contributed by atoms with Crippen LogP contribution in [0.4, 0.5) is 0 Å². The Kier molecular flexibility index (Phi) is 3.10. The molecule has 0 radical (unpaired) electrons. The molecule has 3 aliphatic heterocycles. The van der Waals surface area contributed by atoms with Gasteiger partial charge in [0.2, 0.25) is 0 Å². The lowest BCUT2D eigenvalue weighted by Gasteiger charge is -2.47. The van der Waals surface area contributed by atoms with Crippen LogP contribution in [0.1, 0.15) is 54.5 Å². The average Bonchev–Trinajstić information content (AvgIpc) is 3.01. The number of fused-ring (bicyclic) bond motifs is 1. The van der Waals surface area contributed by atoms with Crippen LogP contribution in [-0.4, -0.2) is 52.0 Å². The number of aryl methyl sites for hydroxylation is 1. The summed E-state index contributed by atoms with van der Waals surface area (Å²) in [6.07, 6.45) is 3.01. The predicted octanol–water partition coefficient (Wildman–Crippen LogP) is 1.45. The zero-order valence-electron chi connectivity index (χ0n) is 13.5. The molecule has 1 spiro atoms. The van der Waals surface area contributed by atoms with Gasteiger partial charge in [0.25, 0.3) is 5.91 Å². The smallest absolute Gasteiger partial charge is 0.272 e. The van der Waals surface area contributed by atoms with E-state index in [4.69, 9.17) is 9.47 Å². The van der Waals surface area contributed by atoms with Crippen molar-refractivity contribution in [2.24, 2.45) is 7.05 Å². The quantitative estimate of drug-likeness (QED) is 0.788. The van der Waals surface area contributed by atoms with Gasteiger partial charge in [-0.2, -0.15) is 5.10 Å². The van der Waals surface area contributed by atoms with Crippen molar-refractivity contribution in [3.05, 3.63) is 17.0 Å². The van der Waals surface area contributed by atoms with Crippen LogP contribution in [0.15, 0.2) is 0 Å². The summed E-state index contributed by atoms with van der Waals surface area (Å²) in [5.41, 5.74) is 2.64. The molecule has 3 aliphatic rings. The molecule has 2 fully saturated rings. The Morgan fingerprint density at radius 3 is 2.82 bits per heavy atom. The molecule has 4 heterocycles. The van der Waals surface area contributed by atoms with Gasteiger partial charge in [-0.25, -0.2) is 0 Å². The second kappa shape index (κ2) is 4.80. The molecule has 0 unspecified atom stereocenters. The van der Waals surface area contributed by atoms with E-state index in [1.165, 1.54) is 0 Å². The molecule has 2 saturated heterocycles. The predicted molar refractivity (Wildman–Crippen MR) is 79.7 cm³/mol. The average molecular weight is 305 g/mol. The number of hydrogen-bond donors (Lipinski definition) is 0.